The van der Waals surface area contributed by atoms with Crippen LogP contribution >= 0.6 is 0 Å². The lowest BCUT2D eigenvalue weighted by atomic mass is 10.4. The molecule has 19 heavy (non-hydrogen) atoms. The molecule has 0 heterocycles. The van der Waals surface area contributed by atoms with Gasteiger partial charge in [-0.05, 0) is 13.3 Å². The third-order valence-electron chi connectivity index (χ3n) is 1.98. The van der Waals surface area contributed by atoms with Gasteiger partial charge in [-0.25, -0.2) is 9.18 Å². The summed E-state index contributed by atoms with van der Waals surface area (Å²) < 4.78 is 45.9. The maximum Gasteiger partial charge on any atom is 0.389 e. The molecule has 1 atom stereocenters. The molecule has 0 saturated carbocycles. The molecule has 0 aliphatic rings. The van der Waals surface area contributed by atoms with Crippen LogP contribution < -0.4 is 0 Å². The molecule has 0 aliphatic heterocycles. The van der Waals surface area contributed by atoms with E-state index in [2.05, 4.69) is 4.18 Å². The summed E-state index contributed by atoms with van der Waals surface area (Å²) in [6, 6.07) is 0. The number of halogens is 1. The molecule has 7 nitrogen and oxygen atoms in total. The smallest absolute Gasteiger partial charge is 0.385 e. The Bertz CT molecular complexity index is 359. The topological polar surface area (TPSA) is 93.1 Å². The molecule has 0 aromatic rings. The third kappa shape index (κ3) is 8.09. The van der Waals surface area contributed by atoms with E-state index in [9.17, 15) is 17.6 Å². The molecule has 114 valence electrons. The van der Waals surface area contributed by atoms with Crippen LogP contribution in [0.15, 0.2) is 0 Å². The molecule has 0 bridgehead atoms. The van der Waals surface area contributed by atoms with E-state index in [1.807, 2.05) is 6.92 Å². The Balaban J connectivity index is 4.58. The highest BCUT2D eigenvalue weighted by Gasteiger charge is 2.28. The van der Waals surface area contributed by atoms with Gasteiger partial charge in [-0.2, -0.15) is 8.42 Å². The highest BCUT2D eigenvalue weighted by molar-refractivity contribution is 7.84. The van der Waals surface area contributed by atoms with Gasteiger partial charge in [-0.1, -0.05) is 13.3 Å². The lowest BCUT2D eigenvalue weighted by molar-refractivity contribution is -0.137. The molecule has 0 rings (SSSR count). The summed E-state index contributed by atoms with van der Waals surface area (Å²) in [5, 5.41) is 8.44. The number of hydrogen-bond donors (Lipinski definition) is 1. The van der Waals surface area contributed by atoms with Gasteiger partial charge >= 0.3 is 16.3 Å². The maximum absolute atomic E-state index is 12.9. The second-order valence-corrected chi connectivity index (χ2v) is 5.42. The van der Waals surface area contributed by atoms with Gasteiger partial charge in [0.1, 0.15) is 19.5 Å². The van der Waals surface area contributed by atoms with Gasteiger partial charge in [0.15, 0.2) is 0 Å². The number of aliphatic hydroxyl groups is 1. The summed E-state index contributed by atoms with van der Waals surface area (Å²) in [5.74, 6) is -1.33. The maximum atomic E-state index is 12.9. The van der Waals surface area contributed by atoms with Crippen LogP contribution in [-0.2, 0) is 24.0 Å². The van der Waals surface area contributed by atoms with Gasteiger partial charge in [0.25, 0.3) is 0 Å². The van der Waals surface area contributed by atoms with Gasteiger partial charge in [0.05, 0.1) is 6.54 Å². The summed E-state index contributed by atoms with van der Waals surface area (Å²) in [6.45, 7) is 1.45. The zero-order chi connectivity index (χ0) is 14.9. The molecule has 0 aliphatic carbocycles. The van der Waals surface area contributed by atoms with Crippen molar-refractivity contribution >= 4 is 16.3 Å². The van der Waals surface area contributed by atoms with E-state index in [1.165, 1.54) is 6.92 Å². The van der Waals surface area contributed by atoms with Crippen molar-refractivity contribution < 1.29 is 31.6 Å². The fourth-order valence-electron chi connectivity index (χ4n) is 1.10. The summed E-state index contributed by atoms with van der Waals surface area (Å²) in [7, 11) is -4.46. The average Bonchev–Trinajstić information content (AvgIpc) is 2.31. The molecular formula is C10H20FNO6S. The summed E-state index contributed by atoms with van der Waals surface area (Å²) >= 11 is 0. The minimum absolute atomic E-state index is 0.317. The molecule has 1 unspecified atom stereocenters. The molecule has 0 aromatic heterocycles. The third-order valence-corrected chi connectivity index (χ3v) is 3.26. The lowest BCUT2D eigenvalue weighted by Gasteiger charge is -2.21. The van der Waals surface area contributed by atoms with Crippen molar-refractivity contribution in [2.45, 2.75) is 32.9 Å². The van der Waals surface area contributed by atoms with Crippen molar-refractivity contribution in [3.8, 4) is 0 Å². The zero-order valence-corrected chi connectivity index (χ0v) is 11.9. The summed E-state index contributed by atoms with van der Waals surface area (Å²) in [6.07, 6.45) is 0.152. The number of aliphatic hydroxyl groups excluding tert-OH is 1. The molecule has 0 aromatic carbocycles. The van der Waals surface area contributed by atoms with E-state index in [1.54, 1.807) is 0 Å². The zero-order valence-electron chi connectivity index (χ0n) is 11.0. The highest BCUT2D eigenvalue weighted by atomic mass is 32.2. The SMILES string of the molecule is CCCCOCN(CC(C)F)S(=O)(=O)OC(=O)CO. The van der Waals surface area contributed by atoms with Crippen LogP contribution in [-0.4, -0.2) is 56.5 Å². The molecule has 0 radical (unpaired) electrons. The Hall–Kier alpha value is -0.770. The van der Waals surface area contributed by atoms with Crippen LogP contribution in [0.25, 0.3) is 0 Å². The Morgan fingerprint density at radius 3 is 2.58 bits per heavy atom. The van der Waals surface area contributed by atoms with Crippen LogP contribution in [0.5, 0.6) is 0 Å². The predicted molar refractivity (Wildman–Crippen MR) is 65.1 cm³/mol. The molecular weight excluding hydrogens is 281 g/mol. The Morgan fingerprint density at radius 1 is 1.47 bits per heavy atom. The molecule has 9 heteroatoms. The minimum atomic E-state index is -4.46. The first-order valence-electron chi connectivity index (χ1n) is 5.88. The average molecular weight is 301 g/mol. The fourth-order valence-corrected chi connectivity index (χ4v) is 2.08. The minimum Gasteiger partial charge on any atom is -0.385 e. The first-order valence-corrected chi connectivity index (χ1v) is 7.25. The fraction of sp³-hybridized carbons (Fsp3) is 0.900. The van der Waals surface area contributed by atoms with E-state index < -0.39 is 42.3 Å². The Morgan fingerprint density at radius 2 is 2.11 bits per heavy atom. The summed E-state index contributed by atoms with van der Waals surface area (Å²) in [4.78, 5) is 10.8. The number of alkyl halides is 1. The van der Waals surface area contributed by atoms with Crippen LogP contribution in [0.1, 0.15) is 26.7 Å². The van der Waals surface area contributed by atoms with Gasteiger partial charge in [0, 0.05) is 6.61 Å². The normalized spacial score (nSPS) is 13.5. The monoisotopic (exact) mass is 301 g/mol. The first-order chi connectivity index (χ1) is 8.83. The largest absolute Gasteiger partial charge is 0.389 e. The van der Waals surface area contributed by atoms with Crippen LogP contribution in [0, 0.1) is 0 Å². The first kappa shape index (κ1) is 18.2. The van der Waals surface area contributed by atoms with E-state index in [0.29, 0.717) is 10.9 Å². The van der Waals surface area contributed by atoms with Crippen molar-refractivity contribution in [2.75, 3.05) is 26.5 Å². The van der Waals surface area contributed by atoms with Crippen LogP contribution in [0.4, 0.5) is 4.39 Å². The van der Waals surface area contributed by atoms with Crippen molar-refractivity contribution in [3.63, 3.8) is 0 Å². The van der Waals surface area contributed by atoms with E-state index in [4.69, 9.17) is 9.84 Å². The van der Waals surface area contributed by atoms with E-state index in [-0.39, 0.29) is 0 Å². The number of nitrogens with zero attached hydrogens (tertiary/aromatic N) is 1. The highest BCUT2D eigenvalue weighted by Crippen LogP contribution is 2.07. The van der Waals surface area contributed by atoms with Gasteiger partial charge in [-0.15, -0.1) is 4.31 Å². The molecule has 1 N–H and O–H groups in total. The number of ether oxygens (including phenoxy) is 1. The predicted octanol–water partition coefficient (Wildman–Crippen LogP) is 0.201. The van der Waals surface area contributed by atoms with E-state index >= 15 is 0 Å². The van der Waals surface area contributed by atoms with Crippen LogP contribution in [0.2, 0.25) is 0 Å². The Labute approximate surface area is 112 Å². The molecule has 0 fully saturated rings. The molecule has 0 saturated heterocycles. The van der Waals surface area contributed by atoms with Crippen molar-refractivity contribution in [1.29, 1.82) is 0 Å². The van der Waals surface area contributed by atoms with Gasteiger partial charge in [0.2, 0.25) is 0 Å². The van der Waals surface area contributed by atoms with Crippen molar-refractivity contribution in [2.24, 2.45) is 0 Å². The standard InChI is InChI=1S/C10H20FNO6S/c1-3-4-5-17-8-12(6-9(2)11)19(15,16)18-10(14)7-13/h9,13H,3-8H2,1-2H3. The van der Waals surface area contributed by atoms with Crippen molar-refractivity contribution in [1.82, 2.24) is 4.31 Å². The van der Waals surface area contributed by atoms with Gasteiger partial charge in [-0.3, -0.25) is 0 Å². The quantitative estimate of drug-likeness (QED) is 0.458. The molecule has 0 amide bonds. The second kappa shape index (κ2) is 9.18. The number of rotatable bonds is 10. The lowest BCUT2D eigenvalue weighted by Crippen LogP contribution is -2.39. The van der Waals surface area contributed by atoms with Gasteiger partial charge < -0.3 is 14.0 Å². The van der Waals surface area contributed by atoms with E-state index in [0.717, 1.165) is 12.8 Å². The number of carbonyl (C=O) groups is 1. The van der Waals surface area contributed by atoms with Crippen molar-refractivity contribution in [3.05, 3.63) is 0 Å². The number of unbranched alkanes of at least 4 members (excludes halogenated alkanes) is 1. The number of hydrogen-bond acceptors (Lipinski definition) is 6. The molecule has 0 spiro atoms. The van der Waals surface area contributed by atoms with Crippen LogP contribution in [0.3, 0.4) is 0 Å². The summed E-state index contributed by atoms with van der Waals surface area (Å²) in [5.41, 5.74) is 0. The number of carbonyl (C=O) groups excluding carboxylic acids is 1. The Kier molecular flexibility index (Phi) is 8.81. The second-order valence-electron chi connectivity index (χ2n) is 3.88.